The van der Waals surface area contributed by atoms with Gasteiger partial charge in [0.15, 0.2) is 0 Å². The van der Waals surface area contributed by atoms with Crippen LogP contribution in [0.15, 0.2) is 54.7 Å². The van der Waals surface area contributed by atoms with Crippen LogP contribution in [0.25, 0.3) is 0 Å². The molecule has 2 fully saturated rings. The van der Waals surface area contributed by atoms with Crippen LogP contribution < -0.4 is 10.2 Å². The zero-order valence-corrected chi connectivity index (χ0v) is 17.3. The van der Waals surface area contributed by atoms with Crippen molar-refractivity contribution >= 4 is 17.4 Å². The summed E-state index contributed by atoms with van der Waals surface area (Å²) >= 11 is 0. The van der Waals surface area contributed by atoms with Crippen LogP contribution in [0.2, 0.25) is 0 Å². The van der Waals surface area contributed by atoms with Crippen LogP contribution in [0.4, 0.5) is 15.9 Å². The van der Waals surface area contributed by atoms with Crippen molar-refractivity contribution in [3.05, 3.63) is 83.1 Å². The third-order valence-corrected chi connectivity index (χ3v) is 6.86. The summed E-state index contributed by atoms with van der Waals surface area (Å²) in [5.74, 6) is 2.47. The van der Waals surface area contributed by atoms with Gasteiger partial charge in [-0.15, -0.1) is 0 Å². The Kier molecular flexibility index (Phi) is 3.94. The Morgan fingerprint density at radius 2 is 1.97 bits per heavy atom. The van der Waals surface area contributed by atoms with Crippen molar-refractivity contribution in [2.75, 3.05) is 11.4 Å². The van der Waals surface area contributed by atoms with E-state index in [1.807, 2.05) is 19.2 Å². The molecular weight excluding hydrogens is 391 g/mol. The van der Waals surface area contributed by atoms with Gasteiger partial charge in [0, 0.05) is 24.0 Å². The van der Waals surface area contributed by atoms with Gasteiger partial charge in [0.25, 0.3) is 5.91 Å². The summed E-state index contributed by atoms with van der Waals surface area (Å²) in [6.07, 6.45) is 4.85. The van der Waals surface area contributed by atoms with E-state index in [9.17, 15) is 9.18 Å². The molecule has 1 amide bonds. The van der Waals surface area contributed by atoms with E-state index >= 15 is 0 Å². The lowest BCUT2D eigenvalue weighted by Gasteiger charge is -2.31. The number of amides is 1. The summed E-state index contributed by atoms with van der Waals surface area (Å²) in [6, 6.07) is 14.3. The Balaban J connectivity index is 1.31. The molecule has 2 aromatic carbocycles. The van der Waals surface area contributed by atoms with E-state index in [2.05, 4.69) is 38.4 Å². The molecule has 156 valence electrons. The number of nitrogens with zero attached hydrogens (tertiary/aromatic N) is 3. The monoisotopic (exact) mass is 414 g/mol. The maximum absolute atomic E-state index is 13.2. The van der Waals surface area contributed by atoms with E-state index in [1.165, 1.54) is 41.9 Å². The molecule has 2 saturated carbocycles. The highest BCUT2D eigenvalue weighted by molar-refractivity contribution is 5.95. The predicted octanol–water partition coefficient (Wildman–Crippen LogP) is 4.60. The van der Waals surface area contributed by atoms with Crippen molar-refractivity contribution in [3.8, 4) is 0 Å². The number of nitrogens with one attached hydrogen (secondary N) is 1. The Labute approximate surface area is 180 Å². The highest BCUT2D eigenvalue weighted by atomic mass is 19.1. The second-order valence-electron chi connectivity index (χ2n) is 8.99. The van der Waals surface area contributed by atoms with Gasteiger partial charge in [-0.25, -0.2) is 14.4 Å². The van der Waals surface area contributed by atoms with Crippen LogP contribution in [0.5, 0.6) is 0 Å². The van der Waals surface area contributed by atoms with Crippen molar-refractivity contribution in [1.29, 1.82) is 0 Å². The summed E-state index contributed by atoms with van der Waals surface area (Å²) in [4.78, 5) is 23.9. The fourth-order valence-electron chi connectivity index (χ4n) is 4.87. The molecule has 31 heavy (non-hydrogen) atoms. The molecule has 1 N–H and O–H groups in total. The number of fused-ring (bicyclic) bond motifs is 3. The number of carbonyl (C=O) groups excluding carboxylic acids is 1. The van der Waals surface area contributed by atoms with Crippen LogP contribution in [-0.4, -0.2) is 22.4 Å². The molecule has 0 spiro atoms. The molecule has 3 aliphatic rings. The third kappa shape index (κ3) is 3.17. The van der Waals surface area contributed by atoms with Gasteiger partial charge in [0.05, 0.1) is 5.54 Å². The van der Waals surface area contributed by atoms with Gasteiger partial charge in [-0.3, -0.25) is 4.79 Å². The number of anilines is 2. The first kappa shape index (κ1) is 18.5. The fourth-order valence-corrected chi connectivity index (χ4v) is 4.87. The molecule has 3 aromatic rings. The summed E-state index contributed by atoms with van der Waals surface area (Å²) in [6.45, 7) is 2.90. The number of aryl methyl sites for hydroxylation is 1. The molecule has 2 heterocycles. The highest BCUT2D eigenvalue weighted by Gasteiger charge is 2.49. The molecule has 0 saturated heterocycles. The molecule has 6 heteroatoms. The van der Waals surface area contributed by atoms with Gasteiger partial charge in [-0.2, -0.15) is 0 Å². The lowest BCUT2D eigenvalue weighted by molar-refractivity contribution is 0.0930. The number of carbonyl (C=O) groups is 1. The van der Waals surface area contributed by atoms with E-state index in [4.69, 9.17) is 0 Å². The smallest absolute Gasteiger partial charge is 0.251 e. The predicted molar refractivity (Wildman–Crippen MR) is 116 cm³/mol. The summed E-state index contributed by atoms with van der Waals surface area (Å²) in [7, 11) is 0. The molecular formula is C25H23FN4O. The van der Waals surface area contributed by atoms with E-state index in [-0.39, 0.29) is 17.3 Å². The minimum absolute atomic E-state index is 0.155. The number of hydrogen-bond donors (Lipinski definition) is 1. The third-order valence-electron chi connectivity index (χ3n) is 6.86. The molecule has 5 nitrogen and oxygen atoms in total. The van der Waals surface area contributed by atoms with Gasteiger partial charge in [-0.1, -0.05) is 12.1 Å². The van der Waals surface area contributed by atoms with Gasteiger partial charge < -0.3 is 10.2 Å². The standard InChI is InChI=1S/C25H23FN4O/c1-15-27-11-8-23(28-15)30-14-17-12-20(17)21-13-18(4-7-22(21)30)25(9-10-25)29-24(31)16-2-5-19(26)6-3-16/h2-8,11,13,17,20H,9-10,12,14H2,1H3,(H,29,31)/t17-,20?/m1/s1. The van der Waals surface area contributed by atoms with Gasteiger partial charge >= 0.3 is 0 Å². The number of rotatable bonds is 4. The second-order valence-corrected chi connectivity index (χ2v) is 8.99. The molecule has 2 atom stereocenters. The van der Waals surface area contributed by atoms with Crippen LogP contribution in [0.3, 0.4) is 0 Å². The average molecular weight is 414 g/mol. The largest absolute Gasteiger partial charge is 0.343 e. The molecule has 0 bridgehead atoms. The fraction of sp³-hybridized carbons (Fsp3) is 0.320. The summed E-state index contributed by atoms with van der Waals surface area (Å²) < 4.78 is 13.2. The van der Waals surface area contributed by atoms with Crippen LogP contribution in [0, 0.1) is 18.7 Å². The van der Waals surface area contributed by atoms with Crippen LogP contribution in [0.1, 0.15) is 52.5 Å². The van der Waals surface area contributed by atoms with E-state index in [1.54, 1.807) is 0 Å². The minimum Gasteiger partial charge on any atom is -0.343 e. The molecule has 0 radical (unpaired) electrons. The van der Waals surface area contributed by atoms with Gasteiger partial charge in [0.1, 0.15) is 17.5 Å². The highest BCUT2D eigenvalue weighted by Crippen LogP contribution is 2.57. The lowest BCUT2D eigenvalue weighted by Crippen LogP contribution is -2.35. The van der Waals surface area contributed by atoms with E-state index in [0.717, 1.165) is 36.6 Å². The SMILES string of the molecule is Cc1nccc(N2C[C@H]3CC3c3cc(C4(NC(=O)c5ccc(F)cc5)CC4)ccc32)n1. The Morgan fingerprint density at radius 3 is 2.71 bits per heavy atom. The van der Waals surface area contributed by atoms with Crippen molar-refractivity contribution < 1.29 is 9.18 Å². The molecule has 6 rings (SSSR count). The molecule has 1 unspecified atom stereocenters. The van der Waals surface area contributed by atoms with Gasteiger partial charge in [-0.05, 0) is 85.5 Å². The average Bonchev–Trinajstić information content (AvgIpc) is 3.69. The van der Waals surface area contributed by atoms with Crippen molar-refractivity contribution in [3.63, 3.8) is 0 Å². The van der Waals surface area contributed by atoms with Crippen molar-refractivity contribution in [1.82, 2.24) is 15.3 Å². The Bertz CT molecular complexity index is 1190. The summed E-state index contributed by atoms with van der Waals surface area (Å²) in [5.41, 5.74) is 3.89. The number of benzene rings is 2. The topological polar surface area (TPSA) is 58.1 Å². The van der Waals surface area contributed by atoms with Crippen molar-refractivity contribution in [2.45, 2.75) is 37.6 Å². The summed E-state index contributed by atoms with van der Waals surface area (Å²) in [5, 5.41) is 3.21. The second kappa shape index (κ2) is 6.61. The van der Waals surface area contributed by atoms with Crippen LogP contribution >= 0.6 is 0 Å². The molecule has 2 aliphatic carbocycles. The lowest BCUT2D eigenvalue weighted by atomic mass is 9.94. The van der Waals surface area contributed by atoms with Gasteiger partial charge in [0.2, 0.25) is 0 Å². The number of aromatic nitrogens is 2. The van der Waals surface area contributed by atoms with E-state index in [0.29, 0.717) is 17.4 Å². The first-order valence-corrected chi connectivity index (χ1v) is 10.8. The zero-order chi connectivity index (χ0) is 21.2. The first-order valence-electron chi connectivity index (χ1n) is 10.8. The number of hydrogen-bond acceptors (Lipinski definition) is 4. The molecule has 1 aromatic heterocycles. The zero-order valence-electron chi connectivity index (χ0n) is 17.3. The molecule has 1 aliphatic heterocycles. The minimum atomic E-state index is -0.338. The Morgan fingerprint density at radius 1 is 1.16 bits per heavy atom. The quantitative estimate of drug-likeness (QED) is 0.678. The maximum Gasteiger partial charge on any atom is 0.251 e. The maximum atomic E-state index is 13.2. The van der Waals surface area contributed by atoms with E-state index < -0.39 is 0 Å². The number of halogens is 1. The first-order chi connectivity index (χ1) is 15.0. The van der Waals surface area contributed by atoms with Crippen LogP contribution in [-0.2, 0) is 5.54 Å². The normalized spacial score (nSPS) is 22.3. The van der Waals surface area contributed by atoms with Crippen molar-refractivity contribution in [2.24, 2.45) is 5.92 Å². The Hall–Kier alpha value is -3.28.